The minimum Gasteiger partial charge on any atom is -0.207 e. The largest absolute Gasteiger partial charge is 0.207 e. The van der Waals surface area contributed by atoms with Gasteiger partial charge in [-0.1, -0.05) is 27.7 Å². The van der Waals surface area contributed by atoms with Crippen molar-refractivity contribution >= 4 is 0 Å². The Morgan fingerprint density at radius 3 is 1.00 bits per heavy atom. The molecule has 0 atom stereocenters. The van der Waals surface area contributed by atoms with E-state index in [-0.39, 0.29) is 0 Å². The second kappa shape index (κ2) is 10.1. The van der Waals surface area contributed by atoms with Crippen LogP contribution in [0.5, 0.6) is 0 Å². The molecule has 0 aromatic heterocycles. The van der Waals surface area contributed by atoms with Crippen LogP contribution in [0, 0.1) is 11.6 Å². The maximum absolute atomic E-state index is 11.9. The van der Waals surface area contributed by atoms with Crippen molar-refractivity contribution in [3.63, 3.8) is 0 Å². The third-order valence-corrected chi connectivity index (χ3v) is 0.804. The van der Waals surface area contributed by atoms with Crippen molar-refractivity contribution in [3.05, 3.63) is 35.9 Å². The van der Waals surface area contributed by atoms with Crippen molar-refractivity contribution in [2.45, 2.75) is 27.7 Å². The first-order valence-electron chi connectivity index (χ1n) is 4.20. The molecule has 0 bridgehead atoms. The van der Waals surface area contributed by atoms with E-state index in [1.54, 1.807) is 0 Å². The Morgan fingerprint density at radius 2 is 0.833 bits per heavy atom. The van der Waals surface area contributed by atoms with Crippen molar-refractivity contribution in [3.8, 4) is 0 Å². The fourth-order valence-electron chi connectivity index (χ4n) is 0.430. The molecule has 2 heteroatoms. The molecule has 0 aliphatic rings. The van der Waals surface area contributed by atoms with E-state index in [2.05, 4.69) is 0 Å². The Hall–Kier alpha value is -0.920. The highest BCUT2D eigenvalue weighted by molar-refractivity contribution is 5.04. The maximum Gasteiger partial charge on any atom is 0.123 e. The molecule has 0 saturated carbocycles. The van der Waals surface area contributed by atoms with Crippen molar-refractivity contribution in [2.24, 2.45) is 0 Å². The molecule has 0 radical (unpaired) electrons. The molecular formula is C10H16F2. The summed E-state index contributed by atoms with van der Waals surface area (Å²) in [6.07, 6.45) is 0. The summed E-state index contributed by atoms with van der Waals surface area (Å²) < 4.78 is 23.8. The normalized spacial score (nSPS) is 7.17. The molecule has 1 rings (SSSR count). The van der Waals surface area contributed by atoms with Gasteiger partial charge in [0, 0.05) is 0 Å². The Kier molecular flexibility index (Phi) is 11.5. The lowest BCUT2D eigenvalue weighted by Gasteiger charge is -1.83. The molecular weight excluding hydrogens is 158 g/mol. The molecule has 0 nitrogen and oxygen atoms in total. The van der Waals surface area contributed by atoms with Gasteiger partial charge < -0.3 is 0 Å². The topological polar surface area (TPSA) is 0 Å². The Balaban J connectivity index is 0. The second-order valence-electron chi connectivity index (χ2n) is 1.44. The second-order valence-corrected chi connectivity index (χ2v) is 1.44. The summed E-state index contributed by atoms with van der Waals surface area (Å²) in [6.45, 7) is 8.00. The van der Waals surface area contributed by atoms with E-state index in [9.17, 15) is 8.78 Å². The molecule has 0 saturated heterocycles. The Labute approximate surface area is 73.2 Å². The van der Waals surface area contributed by atoms with Crippen LogP contribution in [0.4, 0.5) is 8.78 Å². The molecule has 1 aromatic carbocycles. The van der Waals surface area contributed by atoms with Gasteiger partial charge >= 0.3 is 0 Å². The molecule has 0 unspecified atom stereocenters. The molecule has 1 aromatic rings. The van der Waals surface area contributed by atoms with Gasteiger partial charge in [0.25, 0.3) is 0 Å². The molecule has 0 N–H and O–H groups in total. The molecule has 0 heterocycles. The molecule has 0 aliphatic heterocycles. The number of hydrogen-bond acceptors (Lipinski definition) is 0. The van der Waals surface area contributed by atoms with Crippen molar-refractivity contribution in [1.82, 2.24) is 0 Å². The smallest absolute Gasteiger partial charge is 0.123 e. The average Bonchev–Trinajstić information content (AvgIpc) is 2.17. The molecule has 0 amide bonds. The lowest BCUT2D eigenvalue weighted by molar-refractivity contribution is 0.600. The van der Waals surface area contributed by atoms with Crippen LogP contribution >= 0.6 is 0 Å². The molecule has 12 heavy (non-hydrogen) atoms. The van der Waals surface area contributed by atoms with E-state index in [1.807, 2.05) is 27.7 Å². The Morgan fingerprint density at radius 1 is 0.667 bits per heavy atom. The number of benzene rings is 1. The van der Waals surface area contributed by atoms with Crippen LogP contribution in [0.3, 0.4) is 0 Å². The van der Waals surface area contributed by atoms with E-state index in [4.69, 9.17) is 0 Å². The van der Waals surface area contributed by atoms with Crippen LogP contribution in [-0.2, 0) is 0 Å². The zero-order valence-corrected chi connectivity index (χ0v) is 8.07. The van der Waals surface area contributed by atoms with Crippen LogP contribution in [0.1, 0.15) is 27.7 Å². The number of hydrogen-bond donors (Lipinski definition) is 0. The van der Waals surface area contributed by atoms with Gasteiger partial charge in [0.05, 0.1) is 0 Å². The Bertz CT molecular complexity index is 147. The van der Waals surface area contributed by atoms with E-state index < -0.39 is 11.6 Å². The molecule has 0 aliphatic carbocycles. The fraction of sp³-hybridized carbons (Fsp3) is 0.400. The van der Waals surface area contributed by atoms with Gasteiger partial charge in [0.15, 0.2) is 0 Å². The molecule has 0 spiro atoms. The van der Waals surface area contributed by atoms with Crippen molar-refractivity contribution in [2.75, 3.05) is 0 Å². The zero-order valence-electron chi connectivity index (χ0n) is 8.07. The first-order chi connectivity index (χ1) is 5.79. The van der Waals surface area contributed by atoms with Crippen LogP contribution < -0.4 is 0 Å². The monoisotopic (exact) mass is 174 g/mol. The highest BCUT2D eigenvalue weighted by Crippen LogP contribution is 1.98. The van der Waals surface area contributed by atoms with Crippen LogP contribution in [0.25, 0.3) is 0 Å². The highest BCUT2D eigenvalue weighted by Gasteiger charge is 1.86. The van der Waals surface area contributed by atoms with Crippen LogP contribution in [0.15, 0.2) is 24.3 Å². The summed E-state index contributed by atoms with van der Waals surface area (Å²) in [4.78, 5) is 0. The van der Waals surface area contributed by atoms with Gasteiger partial charge in [0.2, 0.25) is 0 Å². The predicted octanol–water partition coefficient (Wildman–Crippen LogP) is 4.02. The first kappa shape index (κ1) is 13.7. The summed E-state index contributed by atoms with van der Waals surface area (Å²) in [7, 11) is 0. The van der Waals surface area contributed by atoms with Gasteiger partial charge in [-0.25, -0.2) is 8.78 Å². The quantitative estimate of drug-likeness (QED) is 0.557. The summed E-state index contributed by atoms with van der Waals surface area (Å²) in [5.74, 6) is -0.821. The van der Waals surface area contributed by atoms with Crippen LogP contribution in [0.2, 0.25) is 0 Å². The fourth-order valence-corrected chi connectivity index (χ4v) is 0.430. The summed E-state index contributed by atoms with van der Waals surface area (Å²) in [6, 6.07) is 4.31. The van der Waals surface area contributed by atoms with Gasteiger partial charge in [0.1, 0.15) is 11.6 Å². The standard InChI is InChI=1S/C6H4F2.2C2H6/c7-5-1-2-6(8)4-3-5;2*1-2/h1-4H;2*1-2H3. The SMILES string of the molecule is CC.CC.Fc1ccc(F)cc1. The first-order valence-corrected chi connectivity index (χ1v) is 4.20. The van der Waals surface area contributed by atoms with E-state index in [0.29, 0.717) is 0 Å². The number of halogens is 2. The van der Waals surface area contributed by atoms with Gasteiger partial charge in [-0.15, -0.1) is 0 Å². The third kappa shape index (κ3) is 7.19. The molecule has 0 fully saturated rings. The molecule has 70 valence electrons. The summed E-state index contributed by atoms with van der Waals surface area (Å²) >= 11 is 0. The summed E-state index contributed by atoms with van der Waals surface area (Å²) in [5, 5.41) is 0. The minimum absolute atomic E-state index is 0.411. The maximum atomic E-state index is 11.9. The van der Waals surface area contributed by atoms with Crippen molar-refractivity contribution in [1.29, 1.82) is 0 Å². The number of rotatable bonds is 0. The van der Waals surface area contributed by atoms with Gasteiger partial charge in [-0.3, -0.25) is 0 Å². The average molecular weight is 174 g/mol. The summed E-state index contributed by atoms with van der Waals surface area (Å²) in [5.41, 5.74) is 0. The highest BCUT2D eigenvalue weighted by atomic mass is 19.1. The zero-order chi connectivity index (χ0) is 9.98. The lowest BCUT2D eigenvalue weighted by atomic mass is 10.3. The van der Waals surface area contributed by atoms with E-state index >= 15 is 0 Å². The third-order valence-electron chi connectivity index (χ3n) is 0.804. The van der Waals surface area contributed by atoms with Crippen molar-refractivity contribution < 1.29 is 8.78 Å². The van der Waals surface area contributed by atoms with Gasteiger partial charge in [-0.2, -0.15) is 0 Å². The predicted molar refractivity (Wildman–Crippen MR) is 49.1 cm³/mol. The lowest BCUT2D eigenvalue weighted by Crippen LogP contribution is -1.72. The van der Waals surface area contributed by atoms with E-state index in [1.165, 1.54) is 0 Å². The minimum atomic E-state index is -0.411. The van der Waals surface area contributed by atoms with Gasteiger partial charge in [-0.05, 0) is 24.3 Å². The van der Waals surface area contributed by atoms with E-state index in [0.717, 1.165) is 24.3 Å². The van der Waals surface area contributed by atoms with Crippen LogP contribution in [-0.4, -0.2) is 0 Å².